The largest absolute Gasteiger partial charge is 0.490 e. The van der Waals surface area contributed by atoms with Gasteiger partial charge in [0.15, 0.2) is 18.1 Å². The maximum atomic E-state index is 12.8. The van der Waals surface area contributed by atoms with E-state index in [2.05, 4.69) is 20.7 Å². The highest BCUT2D eigenvalue weighted by Gasteiger charge is 2.32. The van der Waals surface area contributed by atoms with Crippen molar-refractivity contribution in [1.29, 1.82) is 0 Å². The van der Waals surface area contributed by atoms with Crippen LogP contribution in [0.4, 0.5) is 0 Å². The van der Waals surface area contributed by atoms with E-state index in [0.717, 1.165) is 32.4 Å². The molecule has 1 aromatic carbocycles. The summed E-state index contributed by atoms with van der Waals surface area (Å²) in [6.07, 6.45) is 4.97. The van der Waals surface area contributed by atoms with Crippen molar-refractivity contribution in [3.8, 4) is 11.5 Å². The minimum atomic E-state index is -0.405. The summed E-state index contributed by atoms with van der Waals surface area (Å²) < 4.78 is 17.2. The van der Waals surface area contributed by atoms with E-state index in [0.29, 0.717) is 37.4 Å². The number of methoxy groups -OCH3 is 1. The third-order valence-corrected chi connectivity index (χ3v) is 7.29. The number of likely N-dealkylation sites (tertiary alicyclic amines) is 1. The smallest absolute Gasteiger partial charge is 0.307 e. The van der Waals surface area contributed by atoms with E-state index >= 15 is 0 Å². The van der Waals surface area contributed by atoms with Crippen molar-refractivity contribution in [3.05, 3.63) is 27.1 Å². The molecule has 2 heterocycles. The minimum Gasteiger partial charge on any atom is -0.490 e. The molecule has 0 aromatic heterocycles. The molecular weight excluding hydrogens is 544 g/mol. The van der Waals surface area contributed by atoms with Crippen LogP contribution < -0.4 is 9.47 Å². The van der Waals surface area contributed by atoms with Crippen LogP contribution in [0, 0.1) is 0 Å². The standard InChI is InChI=1S/C23H27BrN2O6S2/c1-3-31-17-12-15(13-18-22(29)26(23(33)34-18)10-7-20(28)30-2)11-16(24)21(17)32-14-19(27)25-8-5-4-6-9-25/h11-13H,3-10,14H2,1-2H3/b18-13+. The molecular formula is C23H27BrN2O6S2. The first-order valence-electron chi connectivity index (χ1n) is 11.0. The zero-order chi connectivity index (χ0) is 24.7. The van der Waals surface area contributed by atoms with E-state index in [1.807, 2.05) is 11.8 Å². The van der Waals surface area contributed by atoms with Gasteiger partial charge in [0, 0.05) is 19.6 Å². The second-order valence-electron chi connectivity index (χ2n) is 7.65. The first-order valence-corrected chi connectivity index (χ1v) is 13.0. The van der Waals surface area contributed by atoms with Crippen molar-refractivity contribution in [1.82, 2.24) is 9.80 Å². The van der Waals surface area contributed by atoms with Crippen LogP contribution in [-0.2, 0) is 19.1 Å². The van der Waals surface area contributed by atoms with Gasteiger partial charge in [-0.15, -0.1) is 0 Å². The normalized spacial score (nSPS) is 17.3. The molecule has 184 valence electrons. The van der Waals surface area contributed by atoms with Crippen LogP contribution in [0.1, 0.15) is 38.2 Å². The molecule has 2 aliphatic heterocycles. The Kier molecular flexibility index (Phi) is 9.78. The van der Waals surface area contributed by atoms with E-state index in [-0.39, 0.29) is 31.4 Å². The molecule has 0 N–H and O–H groups in total. The van der Waals surface area contributed by atoms with Gasteiger partial charge in [0.2, 0.25) is 0 Å². The number of halogens is 1. The van der Waals surface area contributed by atoms with Gasteiger partial charge in [-0.3, -0.25) is 19.3 Å². The van der Waals surface area contributed by atoms with Crippen LogP contribution in [-0.4, -0.2) is 71.9 Å². The number of nitrogens with zero attached hydrogens (tertiary/aromatic N) is 2. The minimum absolute atomic E-state index is 0.0475. The van der Waals surface area contributed by atoms with Crippen LogP contribution in [0.3, 0.4) is 0 Å². The predicted octanol–water partition coefficient (Wildman–Crippen LogP) is 4.00. The van der Waals surface area contributed by atoms with Crippen molar-refractivity contribution < 1.29 is 28.6 Å². The van der Waals surface area contributed by atoms with Gasteiger partial charge >= 0.3 is 5.97 Å². The Morgan fingerprint density at radius 3 is 2.62 bits per heavy atom. The molecule has 0 radical (unpaired) electrons. The van der Waals surface area contributed by atoms with Crippen LogP contribution in [0.2, 0.25) is 0 Å². The predicted molar refractivity (Wildman–Crippen MR) is 138 cm³/mol. The number of hydrogen-bond donors (Lipinski definition) is 0. The Morgan fingerprint density at radius 2 is 1.94 bits per heavy atom. The molecule has 2 fully saturated rings. The number of benzene rings is 1. The Labute approximate surface area is 217 Å². The molecule has 8 nitrogen and oxygen atoms in total. The first-order chi connectivity index (χ1) is 16.3. The summed E-state index contributed by atoms with van der Waals surface area (Å²) >= 11 is 10.00. The van der Waals surface area contributed by atoms with Crippen molar-refractivity contribution in [2.24, 2.45) is 0 Å². The van der Waals surface area contributed by atoms with Crippen LogP contribution in [0.5, 0.6) is 11.5 Å². The number of thiocarbonyl (C=S) groups is 1. The molecule has 34 heavy (non-hydrogen) atoms. The SMILES string of the molecule is CCOc1cc(/C=C2/SC(=S)N(CCC(=O)OC)C2=O)cc(Br)c1OCC(=O)N1CCCCC1. The second kappa shape index (κ2) is 12.6. The molecule has 11 heteroatoms. The molecule has 0 bridgehead atoms. The fourth-order valence-corrected chi connectivity index (χ4v) is 5.47. The molecule has 2 aliphatic rings. The topological polar surface area (TPSA) is 85.4 Å². The van der Waals surface area contributed by atoms with Gasteiger partial charge in [0.05, 0.1) is 29.5 Å². The number of esters is 1. The third kappa shape index (κ3) is 6.73. The molecule has 0 aliphatic carbocycles. The average molecular weight is 572 g/mol. The fraction of sp³-hybridized carbons (Fsp3) is 0.478. The third-order valence-electron chi connectivity index (χ3n) is 5.32. The van der Waals surface area contributed by atoms with Gasteiger partial charge in [0.1, 0.15) is 4.32 Å². The summed E-state index contributed by atoms with van der Waals surface area (Å²) in [6.45, 7) is 3.88. The highest BCUT2D eigenvalue weighted by Crippen LogP contribution is 2.39. The maximum absolute atomic E-state index is 12.8. The number of carbonyl (C=O) groups excluding carboxylic acids is 3. The number of piperidine rings is 1. The highest BCUT2D eigenvalue weighted by molar-refractivity contribution is 9.10. The Morgan fingerprint density at radius 1 is 1.21 bits per heavy atom. The summed E-state index contributed by atoms with van der Waals surface area (Å²) in [5, 5.41) is 0. The van der Waals surface area contributed by atoms with Gasteiger partial charge in [-0.25, -0.2) is 0 Å². The lowest BCUT2D eigenvalue weighted by Gasteiger charge is -2.26. The highest BCUT2D eigenvalue weighted by atomic mass is 79.9. The monoisotopic (exact) mass is 570 g/mol. The van der Waals surface area contributed by atoms with E-state index in [9.17, 15) is 14.4 Å². The molecule has 0 unspecified atom stereocenters. The lowest BCUT2D eigenvalue weighted by molar-refractivity contribution is -0.141. The van der Waals surface area contributed by atoms with E-state index in [1.165, 1.54) is 23.8 Å². The quantitative estimate of drug-likeness (QED) is 0.250. The number of hydrogen-bond acceptors (Lipinski definition) is 8. The van der Waals surface area contributed by atoms with Crippen molar-refractivity contribution in [3.63, 3.8) is 0 Å². The van der Waals surface area contributed by atoms with E-state index in [4.69, 9.17) is 21.7 Å². The summed E-state index contributed by atoms with van der Waals surface area (Å²) in [7, 11) is 1.30. The Balaban J connectivity index is 1.74. The molecule has 2 saturated heterocycles. The van der Waals surface area contributed by atoms with Crippen LogP contribution in [0.15, 0.2) is 21.5 Å². The number of carbonyl (C=O) groups is 3. The van der Waals surface area contributed by atoms with Crippen LogP contribution in [0.25, 0.3) is 6.08 Å². The molecule has 2 amide bonds. The molecule has 0 atom stereocenters. The van der Waals surface area contributed by atoms with Gasteiger partial charge in [0.25, 0.3) is 11.8 Å². The molecule has 3 rings (SSSR count). The van der Waals surface area contributed by atoms with Gasteiger partial charge in [-0.1, -0.05) is 24.0 Å². The zero-order valence-electron chi connectivity index (χ0n) is 19.1. The number of amides is 2. The zero-order valence-corrected chi connectivity index (χ0v) is 22.4. The van der Waals surface area contributed by atoms with Crippen molar-refractivity contribution in [2.45, 2.75) is 32.6 Å². The van der Waals surface area contributed by atoms with E-state index in [1.54, 1.807) is 18.2 Å². The first kappa shape index (κ1) is 26.5. The van der Waals surface area contributed by atoms with Crippen molar-refractivity contribution in [2.75, 3.05) is 40.0 Å². The lowest BCUT2D eigenvalue weighted by Crippen LogP contribution is -2.38. The fourth-order valence-electron chi connectivity index (χ4n) is 3.59. The van der Waals surface area contributed by atoms with Gasteiger partial charge < -0.3 is 19.1 Å². The van der Waals surface area contributed by atoms with Crippen molar-refractivity contribution >= 4 is 68.1 Å². The molecule has 0 saturated carbocycles. The summed E-state index contributed by atoms with van der Waals surface area (Å²) in [5.41, 5.74) is 0.707. The summed E-state index contributed by atoms with van der Waals surface area (Å²) in [4.78, 5) is 40.4. The Bertz CT molecular complexity index is 994. The second-order valence-corrected chi connectivity index (χ2v) is 10.2. The van der Waals surface area contributed by atoms with Gasteiger partial charge in [-0.05, 0) is 65.9 Å². The summed E-state index contributed by atoms with van der Waals surface area (Å²) in [6, 6.07) is 3.56. The number of ether oxygens (including phenoxy) is 3. The van der Waals surface area contributed by atoms with Gasteiger partial charge in [-0.2, -0.15) is 0 Å². The Hall–Kier alpha value is -2.11. The summed E-state index contributed by atoms with van der Waals surface area (Å²) in [5.74, 6) is 0.192. The molecule has 0 spiro atoms. The average Bonchev–Trinajstić information content (AvgIpc) is 3.09. The number of rotatable bonds is 9. The maximum Gasteiger partial charge on any atom is 0.307 e. The van der Waals surface area contributed by atoms with E-state index < -0.39 is 5.97 Å². The van der Waals surface area contributed by atoms with Crippen LogP contribution >= 0.6 is 39.9 Å². The number of thioether (sulfide) groups is 1. The molecule has 1 aromatic rings. The lowest BCUT2D eigenvalue weighted by atomic mass is 10.1.